The van der Waals surface area contributed by atoms with E-state index in [1.807, 2.05) is 31.7 Å². The normalized spacial score (nSPS) is 16.4. The zero-order valence-corrected chi connectivity index (χ0v) is 21.7. The van der Waals surface area contributed by atoms with Gasteiger partial charge in [-0.1, -0.05) is 0 Å². The van der Waals surface area contributed by atoms with Crippen molar-refractivity contribution in [2.24, 2.45) is 7.05 Å². The maximum atomic E-state index is 5.62. The first-order valence-corrected chi connectivity index (χ1v) is 12.5. The SMILES string of the molecule is COc1cc(OC)cc(N(c2ccc3ncc(-c4cnn(C)c4)nc3c2)C2CCCN(C(C)C)C2)c1. The number of likely N-dealkylation sites (tertiary alicyclic amines) is 1. The highest BCUT2D eigenvalue weighted by Gasteiger charge is 2.29. The van der Waals surface area contributed by atoms with Crippen molar-refractivity contribution in [3.63, 3.8) is 0 Å². The summed E-state index contributed by atoms with van der Waals surface area (Å²) in [5.74, 6) is 1.54. The second-order valence-corrected chi connectivity index (χ2v) is 9.66. The zero-order chi connectivity index (χ0) is 25.2. The van der Waals surface area contributed by atoms with Crippen LogP contribution in [0.5, 0.6) is 11.5 Å². The molecule has 0 saturated carbocycles. The monoisotopic (exact) mass is 486 g/mol. The molecule has 36 heavy (non-hydrogen) atoms. The van der Waals surface area contributed by atoms with Gasteiger partial charge in [0.25, 0.3) is 0 Å². The van der Waals surface area contributed by atoms with Crippen LogP contribution in [0.25, 0.3) is 22.3 Å². The summed E-state index contributed by atoms with van der Waals surface area (Å²) in [5, 5.41) is 4.29. The highest BCUT2D eigenvalue weighted by atomic mass is 16.5. The van der Waals surface area contributed by atoms with Crippen LogP contribution >= 0.6 is 0 Å². The lowest BCUT2D eigenvalue weighted by Crippen LogP contribution is -2.48. The minimum atomic E-state index is 0.296. The van der Waals surface area contributed by atoms with Crippen molar-refractivity contribution in [2.75, 3.05) is 32.2 Å². The Labute approximate surface area is 212 Å². The van der Waals surface area contributed by atoms with Crippen molar-refractivity contribution in [1.82, 2.24) is 24.6 Å². The van der Waals surface area contributed by atoms with Crippen LogP contribution in [0, 0.1) is 0 Å². The van der Waals surface area contributed by atoms with Crippen molar-refractivity contribution in [3.8, 4) is 22.8 Å². The van der Waals surface area contributed by atoms with E-state index in [9.17, 15) is 0 Å². The van der Waals surface area contributed by atoms with Gasteiger partial charge in [0.2, 0.25) is 0 Å². The van der Waals surface area contributed by atoms with E-state index in [0.29, 0.717) is 12.1 Å². The van der Waals surface area contributed by atoms with Crippen LogP contribution in [0.3, 0.4) is 0 Å². The molecule has 0 radical (unpaired) electrons. The quantitative estimate of drug-likeness (QED) is 0.362. The zero-order valence-electron chi connectivity index (χ0n) is 21.7. The molecule has 0 bridgehead atoms. The van der Waals surface area contributed by atoms with E-state index >= 15 is 0 Å². The van der Waals surface area contributed by atoms with E-state index in [-0.39, 0.29) is 0 Å². The lowest BCUT2D eigenvalue weighted by Gasteiger charge is -2.42. The molecule has 0 aliphatic carbocycles. The van der Waals surface area contributed by atoms with E-state index in [0.717, 1.165) is 71.1 Å². The number of aryl methyl sites for hydroxylation is 1. The molecule has 3 heterocycles. The van der Waals surface area contributed by atoms with Crippen LogP contribution in [0.2, 0.25) is 0 Å². The number of fused-ring (bicyclic) bond motifs is 1. The van der Waals surface area contributed by atoms with Gasteiger partial charge >= 0.3 is 0 Å². The van der Waals surface area contributed by atoms with Gasteiger partial charge < -0.3 is 14.4 Å². The van der Waals surface area contributed by atoms with Crippen molar-refractivity contribution in [3.05, 3.63) is 55.0 Å². The fraction of sp³-hybridized carbons (Fsp3) is 0.393. The molecular formula is C28H34N6O2. The third-order valence-corrected chi connectivity index (χ3v) is 6.94. The Balaban J connectivity index is 1.62. The molecule has 1 aliphatic heterocycles. The number of ether oxygens (including phenoxy) is 2. The van der Waals surface area contributed by atoms with Gasteiger partial charge in [0.15, 0.2) is 0 Å². The van der Waals surface area contributed by atoms with E-state index < -0.39 is 0 Å². The predicted octanol–water partition coefficient (Wildman–Crippen LogP) is 5.06. The maximum absolute atomic E-state index is 5.62. The summed E-state index contributed by atoms with van der Waals surface area (Å²) in [6.45, 7) is 6.65. The Bertz CT molecular complexity index is 1330. The van der Waals surface area contributed by atoms with Crippen LogP contribution in [0.1, 0.15) is 26.7 Å². The molecule has 8 heteroatoms. The van der Waals surface area contributed by atoms with Crippen molar-refractivity contribution in [2.45, 2.75) is 38.8 Å². The predicted molar refractivity (Wildman–Crippen MR) is 143 cm³/mol. The summed E-state index contributed by atoms with van der Waals surface area (Å²) >= 11 is 0. The minimum Gasteiger partial charge on any atom is -0.497 e. The van der Waals surface area contributed by atoms with Gasteiger partial charge in [-0.2, -0.15) is 5.10 Å². The van der Waals surface area contributed by atoms with E-state index in [1.165, 1.54) is 0 Å². The fourth-order valence-corrected chi connectivity index (χ4v) is 5.01. The topological polar surface area (TPSA) is 68.5 Å². The molecule has 1 saturated heterocycles. The molecule has 188 valence electrons. The second kappa shape index (κ2) is 10.1. The standard InChI is InChI=1S/C28H34N6O2/c1-19(2)33-10-6-7-22(18-33)34(23-11-24(35-4)14-25(12-23)36-5)21-8-9-26-27(13-21)31-28(16-29-26)20-15-30-32(3)17-20/h8-9,11-17,19,22H,6-7,10,18H2,1-5H3. The number of methoxy groups -OCH3 is 2. The van der Waals surface area contributed by atoms with Crippen LogP contribution in [-0.2, 0) is 7.05 Å². The molecular weight excluding hydrogens is 452 g/mol. The number of anilines is 2. The number of hydrogen-bond acceptors (Lipinski definition) is 7. The van der Waals surface area contributed by atoms with E-state index in [1.54, 1.807) is 18.9 Å². The first kappa shape index (κ1) is 24.1. The second-order valence-electron chi connectivity index (χ2n) is 9.66. The van der Waals surface area contributed by atoms with Crippen LogP contribution < -0.4 is 14.4 Å². The van der Waals surface area contributed by atoms with Gasteiger partial charge in [0.05, 0.1) is 43.3 Å². The van der Waals surface area contributed by atoms with Crippen LogP contribution in [0.15, 0.2) is 55.0 Å². The Morgan fingerprint density at radius 1 is 0.972 bits per heavy atom. The van der Waals surface area contributed by atoms with Gasteiger partial charge in [0, 0.05) is 67.0 Å². The Kier molecular flexibility index (Phi) is 6.78. The Hall–Kier alpha value is -3.65. The Morgan fingerprint density at radius 3 is 2.42 bits per heavy atom. The lowest BCUT2D eigenvalue weighted by molar-refractivity contribution is 0.168. The van der Waals surface area contributed by atoms with Crippen molar-refractivity contribution < 1.29 is 9.47 Å². The molecule has 1 unspecified atom stereocenters. The number of hydrogen-bond donors (Lipinski definition) is 0. The molecule has 0 N–H and O–H groups in total. The highest BCUT2D eigenvalue weighted by molar-refractivity contribution is 5.83. The number of nitrogens with zero attached hydrogens (tertiary/aromatic N) is 6. The van der Waals surface area contributed by atoms with Crippen molar-refractivity contribution in [1.29, 1.82) is 0 Å². The van der Waals surface area contributed by atoms with Crippen LogP contribution in [0.4, 0.5) is 11.4 Å². The summed E-state index contributed by atoms with van der Waals surface area (Å²) in [6, 6.07) is 13.2. The summed E-state index contributed by atoms with van der Waals surface area (Å²) in [7, 11) is 5.28. The molecule has 1 atom stereocenters. The molecule has 0 amide bonds. The van der Waals surface area contributed by atoms with Gasteiger partial charge in [-0.15, -0.1) is 0 Å². The molecule has 0 spiro atoms. The third kappa shape index (κ3) is 4.86. The van der Waals surface area contributed by atoms with Gasteiger partial charge in [0.1, 0.15) is 11.5 Å². The fourth-order valence-electron chi connectivity index (χ4n) is 5.01. The smallest absolute Gasteiger partial charge is 0.124 e. The lowest BCUT2D eigenvalue weighted by atomic mass is 10.0. The van der Waals surface area contributed by atoms with E-state index in [4.69, 9.17) is 14.5 Å². The Morgan fingerprint density at radius 2 is 1.75 bits per heavy atom. The summed E-state index contributed by atoms with van der Waals surface area (Å²) < 4.78 is 13.0. The van der Waals surface area contributed by atoms with Gasteiger partial charge in [-0.05, 0) is 51.4 Å². The summed E-state index contributed by atoms with van der Waals surface area (Å²) in [6.07, 6.45) is 7.83. The first-order chi connectivity index (χ1) is 17.4. The molecule has 2 aromatic heterocycles. The molecule has 1 aliphatic rings. The summed E-state index contributed by atoms with van der Waals surface area (Å²) in [5.41, 5.74) is 5.59. The number of rotatable bonds is 7. The first-order valence-electron chi connectivity index (χ1n) is 12.5. The largest absolute Gasteiger partial charge is 0.497 e. The molecule has 8 nitrogen and oxygen atoms in total. The molecule has 1 fully saturated rings. The van der Waals surface area contributed by atoms with E-state index in [2.05, 4.69) is 64.1 Å². The molecule has 4 aromatic rings. The molecule has 2 aromatic carbocycles. The van der Waals surface area contributed by atoms with Crippen LogP contribution in [-0.4, -0.2) is 64.0 Å². The highest BCUT2D eigenvalue weighted by Crippen LogP contribution is 2.37. The number of piperidine rings is 1. The number of aromatic nitrogens is 4. The molecule has 5 rings (SSSR count). The van der Waals surface area contributed by atoms with Crippen molar-refractivity contribution >= 4 is 22.4 Å². The average molecular weight is 487 g/mol. The van der Waals surface area contributed by atoms with Gasteiger partial charge in [-0.3, -0.25) is 14.6 Å². The third-order valence-electron chi connectivity index (χ3n) is 6.94. The number of benzene rings is 2. The minimum absolute atomic E-state index is 0.296. The van der Waals surface area contributed by atoms with Gasteiger partial charge in [-0.25, -0.2) is 4.98 Å². The average Bonchev–Trinajstić information content (AvgIpc) is 3.34. The maximum Gasteiger partial charge on any atom is 0.124 e. The summed E-state index contributed by atoms with van der Waals surface area (Å²) in [4.78, 5) is 14.6.